The smallest absolute Gasteiger partial charge is 0.0545 e. The van der Waals surface area contributed by atoms with Crippen molar-refractivity contribution in [2.45, 2.75) is 26.4 Å². The number of thioether (sulfide) groups is 1. The van der Waals surface area contributed by atoms with Gasteiger partial charge in [0.15, 0.2) is 0 Å². The Morgan fingerprint density at radius 1 is 1.62 bits per heavy atom. The molecule has 0 bridgehead atoms. The van der Waals surface area contributed by atoms with E-state index in [1.54, 1.807) is 11.8 Å². The van der Waals surface area contributed by atoms with Crippen LogP contribution in [0.5, 0.6) is 0 Å². The Balaban J connectivity index is 2.10. The lowest BCUT2D eigenvalue weighted by atomic mass is 10.3. The molecule has 1 heterocycles. The molecular weight excluding hydrogens is 218 g/mol. The van der Waals surface area contributed by atoms with Crippen molar-refractivity contribution >= 4 is 11.8 Å². The zero-order valence-corrected chi connectivity index (χ0v) is 10.6. The molecular formula is C12H19N3S. The predicted molar refractivity (Wildman–Crippen MR) is 70.4 cm³/mol. The SMILES string of the molecule is C#CCSCCNCc1cnn(CCC)c1. The maximum atomic E-state index is 5.16. The Labute approximate surface area is 102 Å². The van der Waals surface area contributed by atoms with Crippen LogP contribution in [0.25, 0.3) is 0 Å². The molecule has 16 heavy (non-hydrogen) atoms. The molecule has 0 saturated carbocycles. The maximum absolute atomic E-state index is 5.16. The van der Waals surface area contributed by atoms with Gasteiger partial charge in [0.2, 0.25) is 0 Å². The monoisotopic (exact) mass is 237 g/mol. The van der Waals surface area contributed by atoms with Crippen molar-refractivity contribution in [3.05, 3.63) is 18.0 Å². The summed E-state index contributed by atoms with van der Waals surface area (Å²) in [6, 6.07) is 0. The van der Waals surface area contributed by atoms with Crippen molar-refractivity contribution in [1.29, 1.82) is 0 Å². The van der Waals surface area contributed by atoms with E-state index in [1.165, 1.54) is 5.56 Å². The number of aromatic nitrogens is 2. The Hall–Kier alpha value is -0.920. The topological polar surface area (TPSA) is 29.9 Å². The fourth-order valence-corrected chi connectivity index (χ4v) is 1.91. The van der Waals surface area contributed by atoms with E-state index in [0.29, 0.717) is 0 Å². The molecule has 1 rings (SSSR count). The molecule has 0 saturated heterocycles. The normalized spacial score (nSPS) is 10.2. The first-order chi connectivity index (χ1) is 7.86. The summed E-state index contributed by atoms with van der Waals surface area (Å²) in [7, 11) is 0. The van der Waals surface area contributed by atoms with E-state index >= 15 is 0 Å². The standard InChI is InChI=1S/C12H19N3S/c1-3-6-15-11-12(10-14-15)9-13-5-8-16-7-4-2/h2,10-11,13H,3,5-9H2,1H3. The second-order valence-corrected chi connectivity index (χ2v) is 4.65. The van der Waals surface area contributed by atoms with Crippen LogP contribution in [0.2, 0.25) is 0 Å². The van der Waals surface area contributed by atoms with E-state index in [4.69, 9.17) is 6.42 Å². The molecule has 3 nitrogen and oxygen atoms in total. The molecule has 0 radical (unpaired) electrons. The number of hydrogen-bond acceptors (Lipinski definition) is 3. The van der Waals surface area contributed by atoms with Crippen LogP contribution in [0.3, 0.4) is 0 Å². The Kier molecular flexibility index (Phi) is 6.78. The lowest BCUT2D eigenvalue weighted by Gasteiger charge is -2.01. The molecule has 1 aromatic heterocycles. The van der Waals surface area contributed by atoms with E-state index in [9.17, 15) is 0 Å². The van der Waals surface area contributed by atoms with Crippen LogP contribution in [0.4, 0.5) is 0 Å². The molecule has 0 aliphatic carbocycles. The predicted octanol–water partition coefficient (Wildman–Crippen LogP) is 1.75. The van der Waals surface area contributed by atoms with E-state index in [2.05, 4.69) is 29.5 Å². The molecule has 0 aliphatic heterocycles. The third-order valence-electron chi connectivity index (χ3n) is 2.08. The van der Waals surface area contributed by atoms with Gasteiger partial charge in [0.05, 0.1) is 11.9 Å². The fourth-order valence-electron chi connectivity index (χ4n) is 1.36. The fraction of sp³-hybridized carbons (Fsp3) is 0.583. The van der Waals surface area contributed by atoms with E-state index in [0.717, 1.165) is 37.6 Å². The lowest BCUT2D eigenvalue weighted by molar-refractivity contribution is 0.601. The van der Waals surface area contributed by atoms with Gasteiger partial charge in [-0.1, -0.05) is 12.8 Å². The molecule has 88 valence electrons. The summed E-state index contributed by atoms with van der Waals surface area (Å²) < 4.78 is 1.99. The highest BCUT2D eigenvalue weighted by atomic mass is 32.2. The van der Waals surface area contributed by atoms with Crippen LogP contribution < -0.4 is 5.32 Å². The third-order valence-corrected chi connectivity index (χ3v) is 2.94. The van der Waals surface area contributed by atoms with Crippen molar-refractivity contribution in [3.8, 4) is 12.3 Å². The number of nitrogens with zero attached hydrogens (tertiary/aromatic N) is 2. The van der Waals surface area contributed by atoms with Gasteiger partial charge >= 0.3 is 0 Å². The van der Waals surface area contributed by atoms with Crippen LogP contribution in [0.15, 0.2) is 12.4 Å². The molecule has 0 spiro atoms. The number of hydrogen-bond donors (Lipinski definition) is 1. The van der Waals surface area contributed by atoms with Crippen molar-refractivity contribution < 1.29 is 0 Å². The number of aryl methyl sites for hydroxylation is 1. The highest BCUT2D eigenvalue weighted by molar-refractivity contribution is 7.99. The van der Waals surface area contributed by atoms with Gasteiger partial charge < -0.3 is 5.32 Å². The average Bonchev–Trinajstić information content (AvgIpc) is 2.72. The zero-order valence-electron chi connectivity index (χ0n) is 9.78. The number of rotatable bonds is 8. The van der Waals surface area contributed by atoms with Gasteiger partial charge in [0.25, 0.3) is 0 Å². The van der Waals surface area contributed by atoms with Crippen molar-refractivity contribution in [1.82, 2.24) is 15.1 Å². The van der Waals surface area contributed by atoms with E-state index in [-0.39, 0.29) is 0 Å². The second-order valence-electron chi connectivity index (χ2n) is 3.55. The van der Waals surface area contributed by atoms with Gasteiger partial charge in [-0.3, -0.25) is 4.68 Å². The largest absolute Gasteiger partial charge is 0.312 e. The molecule has 0 unspecified atom stereocenters. The van der Waals surface area contributed by atoms with Gasteiger partial charge in [-0.05, 0) is 6.42 Å². The molecule has 4 heteroatoms. The first-order valence-corrected chi connectivity index (χ1v) is 6.75. The zero-order chi connectivity index (χ0) is 11.6. The van der Waals surface area contributed by atoms with Crippen molar-refractivity contribution in [3.63, 3.8) is 0 Å². The van der Waals surface area contributed by atoms with Gasteiger partial charge in [-0.2, -0.15) is 5.10 Å². The Morgan fingerprint density at radius 2 is 2.50 bits per heavy atom. The molecule has 0 fully saturated rings. The Morgan fingerprint density at radius 3 is 3.25 bits per heavy atom. The highest BCUT2D eigenvalue weighted by Crippen LogP contribution is 1.99. The molecule has 0 aromatic carbocycles. The Bertz CT molecular complexity index is 327. The molecule has 0 atom stereocenters. The van der Waals surface area contributed by atoms with Crippen LogP contribution in [-0.4, -0.2) is 27.8 Å². The van der Waals surface area contributed by atoms with Crippen LogP contribution in [0, 0.1) is 12.3 Å². The number of terminal acetylenes is 1. The minimum Gasteiger partial charge on any atom is -0.312 e. The van der Waals surface area contributed by atoms with E-state index in [1.807, 2.05) is 10.9 Å². The van der Waals surface area contributed by atoms with Crippen LogP contribution in [0.1, 0.15) is 18.9 Å². The summed E-state index contributed by atoms with van der Waals surface area (Å²) in [4.78, 5) is 0. The van der Waals surface area contributed by atoms with Gasteiger partial charge in [0, 0.05) is 37.1 Å². The van der Waals surface area contributed by atoms with Crippen molar-refractivity contribution in [2.75, 3.05) is 18.1 Å². The molecule has 0 amide bonds. The van der Waals surface area contributed by atoms with Crippen LogP contribution in [-0.2, 0) is 13.1 Å². The summed E-state index contributed by atoms with van der Waals surface area (Å²) in [5, 5.41) is 7.65. The highest BCUT2D eigenvalue weighted by Gasteiger charge is 1.97. The molecule has 1 N–H and O–H groups in total. The minimum atomic E-state index is 0.802. The second kappa shape index (κ2) is 8.26. The maximum Gasteiger partial charge on any atom is 0.0545 e. The average molecular weight is 237 g/mol. The summed E-state index contributed by atoms with van der Waals surface area (Å²) in [6.07, 6.45) is 10.3. The van der Waals surface area contributed by atoms with E-state index < -0.39 is 0 Å². The summed E-state index contributed by atoms with van der Waals surface area (Å²) in [6.45, 7) is 5.03. The van der Waals surface area contributed by atoms with Gasteiger partial charge in [-0.25, -0.2) is 0 Å². The number of nitrogens with one attached hydrogen (secondary N) is 1. The minimum absolute atomic E-state index is 0.802. The first kappa shape index (κ1) is 13.1. The van der Waals surface area contributed by atoms with Gasteiger partial charge in [-0.15, -0.1) is 18.2 Å². The van der Waals surface area contributed by atoms with Crippen LogP contribution >= 0.6 is 11.8 Å². The quantitative estimate of drug-likeness (QED) is 0.552. The lowest BCUT2D eigenvalue weighted by Crippen LogP contribution is -2.16. The van der Waals surface area contributed by atoms with Gasteiger partial charge in [0.1, 0.15) is 0 Å². The molecule has 0 aliphatic rings. The summed E-state index contributed by atoms with van der Waals surface area (Å²) in [5.41, 5.74) is 1.25. The summed E-state index contributed by atoms with van der Waals surface area (Å²) >= 11 is 1.78. The van der Waals surface area contributed by atoms with Crippen molar-refractivity contribution in [2.24, 2.45) is 0 Å². The third kappa shape index (κ3) is 5.24. The first-order valence-electron chi connectivity index (χ1n) is 5.60. The summed E-state index contributed by atoms with van der Waals surface area (Å²) in [5.74, 6) is 4.48. The molecule has 1 aromatic rings.